The molecular weight excluding hydrogens is 360 g/mol. The van der Waals surface area contributed by atoms with Gasteiger partial charge in [0.05, 0.1) is 0 Å². The van der Waals surface area contributed by atoms with Crippen molar-refractivity contribution in [3.63, 3.8) is 0 Å². The van der Waals surface area contributed by atoms with Crippen LogP contribution in [0.4, 0.5) is 0 Å². The zero-order valence-electron chi connectivity index (χ0n) is 16.4. The maximum Gasteiger partial charge on any atom is 0.161 e. The lowest BCUT2D eigenvalue weighted by Crippen LogP contribution is -2.03. The van der Waals surface area contributed by atoms with E-state index in [2.05, 4.69) is 45.8 Å². The molecule has 2 aromatic heterocycles. The van der Waals surface area contributed by atoms with Crippen molar-refractivity contribution in [3.8, 4) is 11.5 Å². The summed E-state index contributed by atoms with van der Waals surface area (Å²) in [5.41, 5.74) is 5.15. The van der Waals surface area contributed by atoms with Crippen LogP contribution in [0.15, 0.2) is 79.1 Å². The summed E-state index contributed by atoms with van der Waals surface area (Å²) in [5.74, 6) is -0.398. The SMILES string of the molecule is Cn1cc(C(c2cccc(O)c2O)c2cn(C)c3ccccc23)c2ccccc21. The van der Waals surface area contributed by atoms with Gasteiger partial charge in [0.2, 0.25) is 0 Å². The fraction of sp³-hybridized carbons (Fsp3) is 0.120. The van der Waals surface area contributed by atoms with Gasteiger partial charge in [-0.05, 0) is 29.3 Å². The Bertz CT molecular complexity index is 1280. The largest absolute Gasteiger partial charge is 0.504 e. The summed E-state index contributed by atoms with van der Waals surface area (Å²) in [7, 11) is 4.07. The fourth-order valence-electron chi connectivity index (χ4n) is 4.49. The molecule has 2 heterocycles. The lowest BCUT2D eigenvalue weighted by molar-refractivity contribution is 0.399. The van der Waals surface area contributed by atoms with Crippen LogP contribution in [0, 0.1) is 0 Å². The number of phenolic OH excluding ortho intramolecular Hbond substituents is 2. The second-order valence-electron chi connectivity index (χ2n) is 7.57. The van der Waals surface area contributed by atoms with Gasteiger partial charge in [-0.2, -0.15) is 0 Å². The molecule has 0 radical (unpaired) electrons. The zero-order valence-corrected chi connectivity index (χ0v) is 16.4. The van der Waals surface area contributed by atoms with Crippen LogP contribution >= 0.6 is 0 Å². The Labute approximate surface area is 168 Å². The summed E-state index contributed by atoms with van der Waals surface area (Å²) in [6.45, 7) is 0. The minimum atomic E-state index is -0.223. The predicted molar refractivity (Wildman–Crippen MR) is 117 cm³/mol. The molecule has 4 nitrogen and oxygen atoms in total. The van der Waals surface area contributed by atoms with Gasteiger partial charge in [0.1, 0.15) is 0 Å². The van der Waals surface area contributed by atoms with E-state index in [1.807, 2.05) is 44.4 Å². The number of aromatic nitrogens is 2. The second kappa shape index (κ2) is 6.45. The Morgan fingerprint density at radius 3 is 1.69 bits per heavy atom. The van der Waals surface area contributed by atoms with Gasteiger partial charge < -0.3 is 19.3 Å². The van der Waals surface area contributed by atoms with Crippen LogP contribution < -0.4 is 0 Å². The zero-order chi connectivity index (χ0) is 20.1. The van der Waals surface area contributed by atoms with E-state index in [0.717, 1.165) is 32.9 Å². The van der Waals surface area contributed by atoms with Crippen molar-refractivity contribution < 1.29 is 10.2 Å². The van der Waals surface area contributed by atoms with E-state index in [1.165, 1.54) is 6.07 Å². The van der Waals surface area contributed by atoms with Crippen LogP contribution in [0.5, 0.6) is 11.5 Å². The van der Waals surface area contributed by atoms with Crippen LogP contribution in [0.25, 0.3) is 21.8 Å². The Morgan fingerprint density at radius 1 is 0.621 bits per heavy atom. The van der Waals surface area contributed by atoms with E-state index >= 15 is 0 Å². The first-order valence-corrected chi connectivity index (χ1v) is 9.65. The summed E-state index contributed by atoms with van der Waals surface area (Å²) in [6, 6.07) is 21.8. The molecule has 5 aromatic rings. The highest BCUT2D eigenvalue weighted by molar-refractivity contribution is 5.90. The number of hydrogen-bond acceptors (Lipinski definition) is 2. The molecular formula is C25H22N2O2. The van der Waals surface area contributed by atoms with Gasteiger partial charge in [0.15, 0.2) is 11.5 Å². The average Bonchev–Trinajstić information content (AvgIpc) is 3.24. The van der Waals surface area contributed by atoms with Crippen molar-refractivity contribution >= 4 is 21.8 Å². The van der Waals surface area contributed by atoms with E-state index in [0.29, 0.717) is 5.56 Å². The Morgan fingerprint density at radius 2 is 1.14 bits per heavy atom. The molecule has 0 spiro atoms. The molecule has 4 heteroatoms. The molecule has 0 unspecified atom stereocenters. The first kappa shape index (κ1) is 17.4. The Kier molecular flexibility index (Phi) is 3.88. The summed E-state index contributed by atoms with van der Waals surface area (Å²) in [6.07, 6.45) is 4.25. The Balaban J connectivity index is 1.88. The van der Waals surface area contributed by atoms with Crippen molar-refractivity contribution in [1.29, 1.82) is 0 Å². The minimum Gasteiger partial charge on any atom is -0.504 e. The number of hydrogen-bond donors (Lipinski definition) is 2. The molecule has 0 saturated carbocycles. The van der Waals surface area contributed by atoms with Crippen molar-refractivity contribution in [3.05, 3.63) is 95.8 Å². The van der Waals surface area contributed by atoms with Crippen molar-refractivity contribution in [2.75, 3.05) is 0 Å². The molecule has 5 rings (SSSR count). The highest BCUT2D eigenvalue weighted by Gasteiger charge is 2.27. The highest BCUT2D eigenvalue weighted by atomic mass is 16.3. The smallest absolute Gasteiger partial charge is 0.161 e. The first-order valence-electron chi connectivity index (χ1n) is 9.65. The van der Waals surface area contributed by atoms with Gasteiger partial charge in [0.25, 0.3) is 0 Å². The minimum absolute atomic E-state index is 0.0710. The van der Waals surface area contributed by atoms with Gasteiger partial charge in [-0.1, -0.05) is 48.5 Å². The predicted octanol–water partition coefficient (Wildman–Crippen LogP) is 5.26. The Hall–Kier alpha value is -3.66. The third kappa shape index (κ3) is 2.60. The number of rotatable bonds is 3. The summed E-state index contributed by atoms with van der Waals surface area (Å²) >= 11 is 0. The number of fused-ring (bicyclic) bond motifs is 2. The lowest BCUT2D eigenvalue weighted by atomic mass is 9.84. The number of benzene rings is 3. The van der Waals surface area contributed by atoms with Gasteiger partial charge >= 0.3 is 0 Å². The van der Waals surface area contributed by atoms with Gasteiger partial charge in [0, 0.05) is 59.8 Å². The molecule has 0 amide bonds. The van der Waals surface area contributed by atoms with Crippen LogP contribution in [0.3, 0.4) is 0 Å². The normalized spacial score (nSPS) is 11.7. The quantitative estimate of drug-likeness (QED) is 0.418. The number of nitrogens with zero attached hydrogens (tertiary/aromatic N) is 2. The number of aromatic hydroxyl groups is 2. The summed E-state index contributed by atoms with van der Waals surface area (Å²) in [5, 5.41) is 23.3. The van der Waals surface area contributed by atoms with Crippen LogP contribution in [-0.4, -0.2) is 19.3 Å². The van der Waals surface area contributed by atoms with E-state index in [1.54, 1.807) is 6.07 Å². The molecule has 0 aliphatic heterocycles. The average molecular weight is 382 g/mol. The summed E-state index contributed by atoms with van der Waals surface area (Å²) in [4.78, 5) is 0. The molecule has 0 atom stereocenters. The molecule has 2 N–H and O–H groups in total. The van der Waals surface area contributed by atoms with Gasteiger partial charge in [-0.3, -0.25) is 0 Å². The van der Waals surface area contributed by atoms with Crippen molar-refractivity contribution in [2.45, 2.75) is 5.92 Å². The second-order valence-corrected chi connectivity index (χ2v) is 7.57. The molecule has 144 valence electrons. The van der Waals surface area contributed by atoms with Crippen molar-refractivity contribution in [1.82, 2.24) is 9.13 Å². The van der Waals surface area contributed by atoms with E-state index in [4.69, 9.17) is 0 Å². The number of aryl methyl sites for hydroxylation is 2. The molecule has 0 fully saturated rings. The van der Waals surface area contributed by atoms with Crippen LogP contribution in [-0.2, 0) is 14.1 Å². The molecule has 0 saturated heterocycles. The van der Waals surface area contributed by atoms with Gasteiger partial charge in [-0.25, -0.2) is 0 Å². The van der Waals surface area contributed by atoms with Crippen LogP contribution in [0.2, 0.25) is 0 Å². The molecule has 0 aliphatic carbocycles. The lowest BCUT2D eigenvalue weighted by Gasteiger charge is -2.19. The van der Waals surface area contributed by atoms with E-state index < -0.39 is 0 Å². The van der Waals surface area contributed by atoms with Crippen molar-refractivity contribution in [2.24, 2.45) is 14.1 Å². The van der Waals surface area contributed by atoms with Gasteiger partial charge in [-0.15, -0.1) is 0 Å². The third-order valence-electron chi connectivity index (χ3n) is 5.83. The third-order valence-corrected chi connectivity index (χ3v) is 5.83. The molecule has 0 aliphatic rings. The fourth-order valence-corrected chi connectivity index (χ4v) is 4.49. The number of para-hydroxylation sites is 3. The number of phenols is 2. The maximum atomic E-state index is 10.8. The monoisotopic (exact) mass is 382 g/mol. The standard InChI is InChI=1S/C25H22N2O2/c1-26-14-19(16-8-3-5-11-21(16)26)24(18-10-7-13-23(28)25(18)29)20-15-27(2)22-12-6-4-9-17(20)22/h3-15,24,28-29H,1-2H3. The van der Waals surface area contributed by atoms with E-state index in [-0.39, 0.29) is 17.4 Å². The van der Waals surface area contributed by atoms with Crippen LogP contribution in [0.1, 0.15) is 22.6 Å². The first-order chi connectivity index (χ1) is 14.1. The van der Waals surface area contributed by atoms with E-state index in [9.17, 15) is 10.2 Å². The maximum absolute atomic E-state index is 10.8. The molecule has 0 bridgehead atoms. The summed E-state index contributed by atoms with van der Waals surface area (Å²) < 4.78 is 4.23. The molecule has 29 heavy (non-hydrogen) atoms. The topological polar surface area (TPSA) is 50.3 Å². The molecule has 3 aromatic carbocycles. The highest BCUT2D eigenvalue weighted by Crippen LogP contribution is 2.45.